The zero-order chi connectivity index (χ0) is 14.8. The fourth-order valence-electron chi connectivity index (χ4n) is 1.53. The Morgan fingerprint density at radius 3 is 2.30 bits per heavy atom. The van der Waals surface area contributed by atoms with Crippen molar-refractivity contribution in [3.63, 3.8) is 0 Å². The van der Waals surface area contributed by atoms with Crippen LogP contribution in [0.2, 0.25) is 0 Å². The normalized spacial score (nSPS) is 10.6. The maximum absolute atomic E-state index is 11.9. The summed E-state index contributed by atoms with van der Waals surface area (Å²) < 4.78 is 15.4. The van der Waals surface area contributed by atoms with E-state index in [0.29, 0.717) is 26.4 Å². The Morgan fingerprint density at radius 1 is 1.05 bits per heavy atom. The summed E-state index contributed by atoms with van der Waals surface area (Å²) in [5, 5.41) is 0. The molecule has 1 aromatic carbocycles. The van der Waals surface area contributed by atoms with Crippen LogP contribution in [-0.4, -0.2) is 53.1 Å². The number of benzene rings is 1. The average Bonchev–Trinajstić information content (AvgIpc) is 2.46. The summed E-state index contributed by atoms with van der Waals surface area (Å²) in [4.78, 5) is 13.5. The van der Waals surface area contributed by atoms with Crippen LogP contribution in [0.1, 0.15) is 5.56 Å². The molecule has 0 heterocycles. The van der Waals surface area contributed by atoms with Crippen molar-refractivity contribution in [2.45, 2.75) is 6.92 Å². The van der Waals surface area contributed by atoms with E-state index >= 15 is 0 Å². The summed E-state index contributed by atoms with van der Waals surface area (Å²) >= 11 is 0. The molecule has 0 aliphatic carbocycles. The second-order valence-electron chi connectivity index (χ2n) is 4.45. The van der Waals surface area contributed by atoms with E-state index in [9.17, 15) is 4.79 Å². The van der Waals surface area contributed by atoms with Gasteiger partial charge in [-0.2, -0.15) is 0 Å². The first-order chi connectivity index (χ1) is 9.65. The molecule has 0 atom stereocenters. The summed E-state index contributed by atoms with van der Waals surface area (Å²) in [7, 11) is 3.37. The van der Waals surface area contributed by atoms with E-state index in [1.54, 1.807) is 19.1 Å². The highest BCUT2D eigenvalue weighted by Crippen LogP contribution is 2.13. The van der Waals surface area contributed by atoms with Gasteiger partial charge in [-0.3, -0.25) is 4.79 Å². The summed E-state index contributed by atoms with van der Waals surface area (Å²) in [6, 6.07) is 7.79. The van der Waals surface area contributed by atoms with Gasteiger partial charge in [-0.15, -0.1) is 0 Å². The molecule has 0 fully saturated rings. The van der Waals surface area contributed by atoms with Crippen molar-refractivity contribution in [1.29, 1.82) is 0 Å². The van der Waals surface area contributed by atoms with Crippen molar-refractivity contribution in [3.8, 4) is 0 Å². The van der Waals surface area contributed by atoms with Crippen LogP contribution in [0, 0.1) is 6.92 Å². The maximum atomic E-state index is 11.9. The van der Waals surface area contributed by atoms with E-state index in [0.717, 1.165) is 5.69 Å². The van der Waals surface area contributed by atoms with Crippen LogP contribution in [0.25, 0.3) is 0 Å². The molecule has 0 bridgehead atoms. The number of ether oxygens (including phenoxy) is 3. The summed E-state index contributed by atoms with van der Waals surface area (Å²) in [6.07, 6.45) is 0. The van der Waals surface area contributed by atoms with Crippen LogP contribution in [-0.2, 0) is 19.0 Å². The molecule has 0 N–H and O–H groups in total. The zero-order valence-corrected chi connectivity index (χ0v) is 12.4. The number of methoxy groups -OCH3 is 1. The quantitative estimate of drug-likeness (QED) is 0.646. The number of likely N-dealkylation sites (N-methyl/N-ethyl adjacent to an activating group) is 1. The molecule has 20 heavy (non-hydrogen) atoms. The Balaban J connectivity index is 2.20. The lowest BCUT2D eigenvalue weighted by molar-refractivity contribution is -0.123. The zero-order valence-electron chi connectivity index (χ0n) is 12.4. The SMILES string of the molecule is COCCOCCOCC(=O)N(C)c1ccc(C)cc1. The Hall–Kier alpha value is -1.43. The Bertz CT molecular complexity index is 391. The van der Waals surface area contributed by atoms with Crippen molar-refractivity contribution in [2.75, 3.05) is 52.1 Å². The van der Waals surface area contributed by atoms with Crippen LogP contribution in [0.15, 0.2) is 24.3 Å². The number of nitrogens with zero attached hydrogens (tertiary/aromatic N) is 1. The second-order valence-corrected chi connectivity index (χ2v) is 4.45. The Kier molecular flexibility index (Phi) is 7.87. The molecule has 0 saturated carbocycles. The smallest absolute Gasteiger partial charge is 0.252 e. The fraction of sp³-hybridized carbons (Fsp3) is 0.533. The standard InChI is InChI=1S/C15H23NO4/c1-13-4-6-14(7-5-13)16(2)15(17)12-20-11-10-19-9-8-18-3/h4-7H,8-12H2,1-3H3. The van der Waals surface area contributed by atoms with Gasteiger partial charge in [0.15, 0.2) is 0 Å². The third kappa shape index (κ3) is 6.14. The van der Waals surface area contributed by atoms with Gasteiger partial charge in [-0.25, -0.2) is 0 Å². The highest BCUT2D eigenvalue weighted by Gasteiger charge is 2.10. The first-order valence-corrected chi connectivity index (χ1v) is 6.63. The van der Waals surface area contributed by atoms with Crippen LogP contribution in [0.5, 0.6) is 0 Å². The molecule has 0 spiro atoms. The van der Waals surface area contributed by atoms with Gasteiger partial charge in [0.1, 0.15) is 6.61 Å². The molecule has 0 aliphatic rings. The number of rotatable bonds is 9. The molecule has 5 nitrogen and oxygen atoms in total. The largest absolute Gasteiger partial charge is 0.382 e. The first-order valence-electron chi connectivity index (χ1n) is 6.63. The fourth-order valence-corrected chi connectivity index (χ4v) is 1.53. The van der Waals surface area contributed by atoms with E-state index in [2.05, 4.69) is 0 Å². The van der Waals surface area contributed by atoms with Crippen molar-refractivity contribution < 1.29 is 19.0 Å². The molecule has 5 heteroatoms. The Morgan fingerprint density at radius 2 is 1.65 bits per heavy atom. The van der Waals surface area contributed by atoms with Gasteiger partial charge >= 0.3 is 0 Å². The minimum atomic E-state index is -0.0780. The number of hydrogen-bond acceptors (Lipinski definition) is 4. The lowest BCUT2D eigenvalue weighted by Gasteiger charge is -2.17. The maximum Gasteiger partial charge on any atom is 0.252 e. The van der Waals surface area contributed by atoms with E-state index in [-0.39, 0.29) is 12.5 Å². The monoisotopic (exact) mass is 281 g/mol. The number of anilines is 1. The van der Waals surface area contributed by atoms with Crippen molar-refractivity contribution in [1.82, 2.24) is 0 Å². The molecule has 0 aromatic heterocycles. The first kappa shape index (κ1) is 16.6. The molecule has 0 radical (unpaired) electrons. The van der Waals surface area contributed by atoms with Crippen molar-refractivity contribution in [2.24, 2.45) is 0 Å². The number of carbonyl (C=O) groups is 1. The van der Waals surface area contributed by atoms with E-state index in [4.69, 9.17) is 14.2 Å². The number of hydrogen-bond donors (Lipinski definition) is 0. The summed E-state index contributed by atoms with van der Waals surface area (Å²) in [5.74, 6) is -0.0780. The van der Waals surface area contributed by atoms with Gasteiger partial charge in [0.2, 0.25) is 0 Å². The predicted octanol–water partition coefficient (Wildman–Crippen LogP) is 1.64. The highest BCUT2D eigenvalue weighted by atomic mass is 16.5. The van der Waals surface area contributed by atoms with Crippen LogP contribution in [0.4, 0.5) is 5.69 Å². The molecule has 112 valence electrons. The molecule has 0 unspecified atom stereocenters. The van der Waals surface area contributed by atoms with Crippen molar-refractivity contribution >= 4 is 11.6 Å². The van der Waals surface area contributed by atoms with E-state index < -0.39 is 0 Å². The van der Waals surface area contributed by atoms with Gasteiger partial charge in [0, 0.05) is 19.8 Å². The minimum absolute atomic E-state index is 0.0536. The van der Waals surface area contributed by atoms with E-state index in [1.807, 2.05) is 31.2 Å². The van der Waals surface area contributed by atoms with E-state index in [1.165, 1.54) is 5.56 Å². The third-order valence-electron chi connectivity index (χ3n) is 2.82. The van der Waals surface area contributed by atoms with Gasteiger partial charge in [-0.05, 0) is 19.1 Å². The predicted molar refractivity (Wildman–Crippen MR) is 78.1 cm³/mol. The molecule has 0 aliphatic heterocycles. The van der Waals surface area contributed by atoms with Gasteiger partial charge < -0.3 is 19.1 Å². The van der Waals surface area contributed by atoms with Crippen LogP contribution < -0.4 is 4.90 Å². The third-order valence-corrected chi connectivity index (χ3v) is 2.82. The molecular weight excluding hydrogens is 258 g/mol. The lowest BCUT2D eigenvalue weighted by atomic mass is 10.2. The van der Waals surface area contributed by atoms with Crippen LogP contribution >= 0.6 is 0 Å². The Labute approximate surface area is 120 Å². The molecule has 1 rings (SSSR count). The average molecular weight is 281 g/mol. The topological polar surface area (TPSA) is 48.0 Å². The lowest BCUT2D eigenvalue weighted by Crippen LogP contribution is -2.30. The number of amides is 1. The van der Waals surface area contributed by atoms with Gasteiger partial charge in [-0.1, -0.05) is 17.7 Å². The highest BCUT2D eigenvalue weighted by molar-refractivity contribution is 5.93. The van der Waals surface area contributed by atoms with Gasteiger partial charge in [0.25, 0.3) is 5.91 Å². The van der Waals surface area contributed by atoms with Crippen LogP contribution in [0.3, 0.4) is 0 Å². The molecule has 1 amide bonds. The summed E-state index contributed by atoms with van der Waals surface area (Å²) in [5.41, 5.74) is 2.03. The summed E-state index contributed by atoms with van der Waals surface area (Å²) in [6.45, 7) is 4.03. The minimum Gasteiger partial charge on any atom is -0.382 e. The molecule has 0 saturated heterocycles. The van der Waals surface area contributed by atoms with Gasteiger partial charge in [0.05, 0.1) is 26.4 Å². The molecule has 1 aromatic rings. The second kappa shape index (κ2) is 9.47. The molecular formula is C15H23NO4. The van der Waals surface area contributed by atoms with Crippen molar-refractivity contribution in [3.05, 3.63) is 29.8 Å². The number of aryl methyl sites for hydroxylation is 1. The number of carbonyl (C=O) groups excluding carboxylic acids is 1.